The molecule has 8 heteroatoms. The molecule has 3 heterocycles. The SMILES string of the molecule is CCOC(=O)C1=C(N)Oc2cc(C)n(CC)c(=O)c2C12C(=O)N(Cc1cccc(C)c1)c1ccccc12. The predicted molar refractivity (Wildman–Crippen MR) is 139 cm³/mol. The van der Waals surface area contributed by atoms with E-state index in [9.17, 15) is 14.4 Å². The normalized spacial score (nSPS) is 18.1. The van der Waals surface area contributed by atoms with Gasteiger partial charge in [0, 0.05) is 29.6 Å². The molecule has 1 amide bonds. The number of hydrogen-bond donors (Lipinski definition) is 1. The molecule has 2 aliphatic rings. The molecule has 2 aromatic carbocycles. The summed E-state index contributed by atoms with van der Waals surface area (Å²) in [5.74, 6) is -1.33. The Bertz CT molecular complexity index is 1540. The lowest BCUT2D eigenvalue weighted by Crippen LogP contribution is -2.52. The third kappa shape index (κ3) is 3.47. The van der Waals surface area contributed by atoms with E-state index >= 15 is 0 Å². The number of carbonyl (C=O) groups excluding carboxylic acids is 2. The molecule has 0 bridgehead atoms. The number of pyridine rings is 1. The van der Waals surface area contributed by atoms with Crippen LogP contribution < -0.4 is 20.9 Å². The molecule has 5 rings (SSSR count). The molecule has 0 fully saturated rings. The number of nitrogens with two attached hydrogens (primary N) is 1. The van der Waals surface area contributed by atoms with Gasteiger partial charge >= 0.3 is 5.97 Å². The summed E-state index contributed by atoms with van der Waals surface area (Å²) in [6.45, 7) is 7.98. The van der Waals surface area contributed by atoms with Crippen LogP contribution in [0.4, 0.5) is 5.69 Å². The Morgan fingerprint density at radius 1 is 1.05 bits per heavy atom. The predicted octanol–water partition coefficient (Wildman–Crippen LogP) is 3.44. The van der Waals surface area contributed by atoms with Gasteiger partial charge in [-0.15, -0.1) is 0 Å². The van der Waals surface area contributed by atoms with E-state index in [0.29, 0.717) is 23.5 Å². The van der Waals surface area contributed by atoms with Gasteiger partial charge in [-0.1, -0.05) is 48.0 Å². The molecule has 2 N–H and O–H groups in total. The highest BCUT2D eigenvalue weighted by molar-refractivity contribution is 6.18. The second kappa shape index (κ2) is 8.96. The van der Waals surface area contributed by atoms with Crippen LogP contribution in [0.3, 0.4) is 0 Å². The number of ether oxygens (including phenoxy) is 2. The molecule has 1 unspecified atom stereocenters. The Kier molecular flexibility index (Phi) is 5.90. The summed E-state index contributed by atoms with van der Waals surface area (Å²) in [6.07, 6.45) is 0. The average Bonchev–Trinajstić information content (AvgIpc) is 3.08. The fourth-order valence-corrected chi connectivity index (χ4v) is 5.58. The number of aromatic nitrogens is 1. The van der Waals surface area contributed by atoms with Gasteiger partial charge in [0.05, 0.1) is 18.7 Å². The number of esters is 1. The molecule has 190 valence electrons. The summed E-state index contributed by atoms with van der Waals surface area (Å²) in [5, 5.41) is 0. The van der Waals surface area contributed by atoms with Gasteiger partial charge in [0.15, 0.2) is 0 Å². The maximum atomic E-state index is 14.7. The van der Waals surface area contributed by atoms with E-state index in [2.05, 4.69) is 0 Å². The van der Waals surface area contributed by atoms with Crippen molar-refractivity contribution in [3.05, 3.63) is 104 Å². The molecule has 1 atom stereocenters. The van der Waals surface area contributed by atoms with Crippen LogP contribution in [0.5, 0.6) is 5.75 Å². The number of hydrogen-bond acceptors (Lipinski definition) is 6. The third-order valence-corrected chi connectivity index (χ3v) is 7.07. The van der Waals surface area contributed by atoms with Crippen LogP contribution in [0.25, 0.3) is 0 Å². The summed E-state index contributed by atoms with van der Waals surface area (Å²) in [7, 11) is 0. The van der Waals surface area contributed by atoms with Crippen molar-refractivity contribution in [1.82, 2.24) is 4.57 Å². The van der Waals surface area contributed by atoms with Gasteiger partial charge in [-0.25, -0.2) is 4.79 Å². The number of carbonyl (C=O) groups is 2. The number of rotatable bonds is 5. The summed E-state index contributed by atoms with van der Waals surface area (Å²) >= 11 is 0. The van der Waals surface area contributed by atoms with Crippen molar-refractivity contribution in [3.8, 4) is 5.75 Å². The molecular weight excluding hydrogens is 470 g/mol. The Morgan fingerprint density at radius 3 is 2.51 bits per heavy atom. The maximum absolute atomic E-state index is 14.7. The summed E-state index contributed by atoms with van der Waals surface area (Å²) < 4.78 is 12.8. The zero-order chi connectivity index (χ0) is 26.5. The van der Waals surface area contributed by atoms with E-state index in [1.165, 1.54) is 0 Å². The molecule has 3 aromatic rings. The van der Waals surface area contributed by atoms with E-state index in [-0.39, 0.29) is 35.9 Å². The highest BCUT2D eigenvalue weighted by atomic mass is 16.5. The fraction of sp³-hybridized carbons (Fsp3) is 0.276. The van der Waals surface area contributed by atoms with Crippen molar-refractivity contribution in [2.75, 3.05) is 11.5 Å². The number of nitrogens with zero attached hydrogens (tertiary/aromatic N) is 2. The second-order valence-corrected chi connectivity index (χ2v) is 9.28. The van der Waals surface area contributed by atoms with Crippen molar-refractivity contribution in [1.29, 1.82) is 0 Å². The molecule has 0 saturated heterocycles. The van der Waals surface area contributed by atoms with Gasteiger partial charge in [0.2, 0.25) is 11.8 Å². The number of fused-ring (bicyclic) bond motifs is 4. The van der Waals surface area contributed by atoms with Crippen molar-refractivity contribution in [2.24, 2.45) is 5.73 Å². The van der Waals surface area contributed by atoms with Crippen molar-refractivity contribution < 1.29 is 19.1 Å². The zero-order valence-electron chi connectivity index (χ0n) is 21.3. The third-order valence-electron chi connectivity index (χ3n) is 7.07. The number of para-hydroxylation sites is 1. The first-order valence-electron chi connectivity index (χ1n) is 12.3. The van der Waals surface area contributed by atoms with E-state index < -0.39 is 22.9 Å². The van der Waals surface area contributed by atoms with E-state index in [0.717, 1.165) is 11.1 Å². The molecule has 8 nitrogen and oxygen atoms in total. The Labute approximate surface area is 214 Å². The second-order valence-electron chi connectivity index (χ2n) is 9.28. The number of amides is 1. The molecule has 37 heavy (non-hydrogen) atoms. The molecule has 0 aliphatic carbocycles. The van der Waals surface area contributed by atoms with E-state index in [1.54, 1.807) is 41.5 Å². The quantitative estimate of drug-likeness (QED) is 0.540. The fourth-order valence-electron chi connectivity index (χ4n) is 5.58. The van der Waals surface area contributed by atoms with Crippen LogP contribution in [-0.4, -0.2) is 23.1 Å². The Morgan fingerprint density at radius 2 is 1.81 bits per heavy atom. The molecule has 0 saturated carbocycles. The van der Waals surface area contributed by atoms with Gasteiger partial charge < -0.3 is 24.7 Å². The average molecular weight is 500 g/mol. The lowest BCUT2D eigenvalue weighted by molar-refractivity contribution is -0.140. The first kappa shape index (κ1) is 24.4. The molecule has 0 radical (unpaired) electrons. The number of anilines is 1. The molecule has 1 aromatic heterocycles. The first-order valence-corrected chi connectivity index (χ1v) is 12.3. The molecule has 1 spiro atoms. The summed E-state index contributed by atoms with van der Waals surface area (Å²) in [5.41, 5.74) is 7.76. The zero-order valence-corrected chi connectivity index (χ0v) is 21.3. The highest BCUT2D eigenvalue weighted by Crippen LogP contribution is 2.54. The minimum Gasteiger partial charge on any atom is -0.462 e. The molecule has 2 aliphatic heterocycles. The van der Waals surface area contributed by atoms with Crippen LogP contribution in [-0.2, 0) is 32.8 Å². The van der Waals surface area contributed by atoms with Crippen molar-refractivity contribution in [3.63, 3.8) is 0 Å². The van der Waals surface area contributed by atoms with Gasteiger partial charge in [-0.2, -0.15) is 0 Å². The van der Waals surface area contributed by atoms with Gasteiger partial charge in [0.1, 0.15) is 16.7 Å². The minimum atomic E-state index is -1.81. The lowest BCUT2D eigenvalue weighted by atomic mass is 9.68. The summed E-state index contributed by atoms with van der Waals surface area (Å²) in [6, 6.07) is 16.7. The topological polar surface area (TPSA) is 104 Å². The first-order chi connectivity index (χ1) is 17.7. The lowest BCUT2D eigenvalue weighted by Gasteiger charge is -2.36. The highest BCUT2D eigenvalue weighted by Gasteiger charge is 2.62. The van der Waals surface area contributed by atoms with Crippen LogP contribution >= 0.6 is 0 Å². The van der Waals surface area contributed by atoms with Gasteiger partial charge in [-0.05, 0) is 39.3 Å². The minimum absolute atomic E-state index is 0.0640. The largest absolute Gasteiger partial charge is 0.462 e. The van der Waals surface area contributed by atoms with Crippen molar-refractivity contribution >= 4 is 17.6 Å². The summed E-state index contributed by atoms with van der Waals surface area (Å²) in [4.78, 5) is 43.8. The smallest absolute Gasteiger partial charge is 0.341 e. The van der Waals surface area contributed by atoms with Gasteiger partial charge in [0.25, 0.3) is 5.56 Å². The monoisotopic (exact) mass is 499 g/mol. The Hall–Kier alpha value is -4.33. The number of benzene rings is 2. The standard InChI is InChI=1S/C29H29N3O5/c1-5-31-18(4)15-22-23(26(31)33)29(24(25(30)37-22)27(34)36-6-2)20-12-7-8-13-21(20)32(28(29)35)16-19-11-9-10-17(3)14-19/h7-15H,5-6,16,30H2,1-4H3. The van der Waals surface area contributed by atoms with Gasteiger partial charge in [-0.3, -0.25) is 9.59 Å². The Balaban J connectivity index is 1.86. The van der Waals surface area contributed by atoms with E-state index in [4.69, 9.17) is 15.2 Å². The number of aryl methyl sites for hydroxylation is 2. The van der Waals surface area contributed by atoms with Crippen LogP contribution in [0.15, 0.2) is 70.8 Å². The van der Waals surface area contributed by atoms with E-state index in [1.807, 2.05) is 50.2 Å². The maximum Gasteiger partial charge on any atom is 0.341 e. The van der Waals surface area contributed by atoms with Crippen LogP contribution in [0, 0.1) is 13.8 Å². The van der Waals surface area contributed by atoms with Crippen LogP contribution in [0.1, 0.15) is 41.8 Å². The van der Waals surface area contributed by atoms with Crippen LogP contribution in [0.2, 0.25) is 0 Å². The van der Waals surface area contributed by atoms with Crippen molar-refractivity contribution in [2.45, 2.75) is 46.2 Å². The molecular formula is C29H29N3O5.